The molecule has 0 fully saturated rings. The van der Waals surface area contributed by atoms with Gasteiger partial charge < -0.3 is 15.4 Å². The summed E-state index contributed by atoms with van der Waals surface area (Å²) in [4.78, 5) is 13.3. The molecule has 18 heavy (non-hydrogen) atoms. The van der Waals surface area contributed by atoms with Crippen molar-refractivity contribution in [2.24, 2.45) is 5.73 Å². The van der Waals surface area contributed by atoms with Gasteiger partial charge in [-0.3, -0.25) is 4.79 Å². The maximum absolute atomic E-state index is 13.2. The molecule has 1 aromatic rings. The van der Waals surface area contributed by atoms with E-state index >= 15 is 0 Å². The fraction of sp³-hybridized carbons (Fsp3) is 0.462. The van der Waals surface area contributed by atoms with Gasteiger partial charge in [-0.25, -0.2) is 4.39 Å². The van der Waals surface area contributed by atoms with Crippen LogP contribution >= 0.6 is 0 Å². The van der Waals surface area contributed by atoms with Crippen molar-refractivity contribution < 1.29 is 13.9 Å². The number of methoxy groups -OCH3 is 1. The van der Waals surface area contributed by atoms with E-state index in [2.05, 4.69) is 0 Å². The van der Waals surface area contributed by atoms with Gasteiger partial charge in [-0.1, -0.05) is 0 Å². The zero-order valence-electron chi connectivity index (χ0n) is 10.9. The molecule has 0 aliphatic heterocycles. The van der Waals surface area contributed by atoms with E-state index in [4.69, 9.17) is 10.5 Å². The lowest BCUT2D eigenvalue weighted by Gasteiger charge is -2.19. The third kappa shape index (κ3) is 4.00. The standard InChI is InChI=1S/C13H19FN2O2/c1-9(15)6-13(17)16(2)8-10-7-11(14)4-5-12(10)18-3/h4-5,7,9H,6,8,15H2,1-3H3. The Morgan fingerprint density at radius 2 is 2.22 bits per heavy atom. The van der Waals surface area contributed by atoms with Crippen LogP contribution in [0.1, 0.15) is 18.9 Å². The topological polar surface area (TPSA) is 55.6 Å². The molecule has 5 heteroatoms. The van der Waals surface area contributed by atoms with E-state index in [1.165, 1.54) is 24.1 Å². The van der Waals surface area contributed by atoms with Gasteiger partial charge in [0.15, 0.2) is 0 Å². The maximum atomic E-state index is 13.2. The zero-order chi connectivity index (χ0) is 13.7. The number of amides is 1. The van der Waals surface area contributed by atoms with Crippen LogP contribution in [0.2, 0.25) is 0 Å². The molecular weight excluding hydrogens is 235 g/mol. The third-order valence-electron chi connectivity index (χ3n) is 2.57. The van der Waals surface area contributed by atoms with Crippen molar-refractivity contribution in [3.05, 3.63) is 29.6 Å². The molecule has 0 radical (unpaired) electrons. The van der Waals surface area contributed by atoms with Crippen molar-refractivity contribution in [2.45, 2.75) is 25.9 Å². The van der Waals surface area contributed by atoms with Gasteiger partial charge in [0.1, 0.15) is 11.6 Å². The average Bonchev–Trinajstić information content (AvgIpc) is 2.28. The molecule has 0 saturated heterocycles. The third-order valence-corrected chi connectivity index (χ3v) is 2.57. The molecule has 100 valence electrons. The minimum absolute atomic E-state index is 0.0729. The fourth-order valence-electron chi connectivity index (χ4n) is 1.65. The lowest BCUT2D eigenvalue weighted by Crippen LogP contribution is -2.31. The number of carbonyl (C=O) groups is 1. The largest absolute Gasteiger partial charge is 0.496 e. The summed E-state index contributed by atoms with van der Waals surface area (Å²) in [6.07, 6.45) is 0.272. The highest BCUT2D eigenvalue weighted by Crippen LogP contribution is 2.20. The number of ether oxygens (including phenoxy) is 1. The van der Waals surface area contributed by atoms with Gasteiger partial charge in [0.2, 0.25) is 5.91 Å². The van der Waals surface area contributed by atoms with Gasteiger partial charge in [0.25, 0.3) is 0 Å². The van der Waals surface area contributed by atoms with E-state index in [1.54, 1.807) is 20.0 Å². The first-order chi connectivity index (χ1) is 8.43. The van der Waals surface area contributed by atoms with Gasteiger partial charge in [0, 0.05) is 31.6 Å². The molecule has 1 rings (SSSR count). The molecule has 1 aromatic carbocycles. The van der Waals surface area contributed by atoms with Gasteiger partial charge in [-0.05, 0) is 25.1 Å². The van der Waals surface area contributed by atoms with Crippen LogP contribution in [0.4, 0.5) is 4.39 Å². The van der Waals surface area contributed by atoms with Crippen LogP contribution in [0.25, 0.3) is 0 Å². The summed E-state index contributed by atoms with van der Waals surface area (Å²) < 4.78 is 18.3. The number of hydrogen-bond acceptors (Lipinski definition) is 3. The number of nitrogens with zero attached hydrogens (tertiary/aromatic N) is 1. The highest BCUT2D eigenvalue weighted by Gasteiger charge is 2.14. The maximum Gasteiger partial charge on any atom is 0.224 e. The van der Waals surface area contributed by atoms with Gasteiger partial charge in [-0.15, -0.1) is 0 Å². The van der Waals surface area contributed by atoms with E-state index in [0.717, 1.165) is 0 Å². The van der Waals surface area contributed by atoms with Crippen LogP contribution in [0, 0.1) is 5.82 Å². The Morgan fingerprint density at radius 1 is 1.56 bits per heavy atom. The quantitative estimate of drug-likeness (QED) is 0.867. The second kappa shape index (κ2) is 6.35. The van der Waals surface area contributed by atoms with Gasteiger partial charge in [-0.2, -0.15) is 0 Å². The number of benzene rings is 1. The predicted octanol–water partition coefficient (Wildman–Crippen LogP) is 1.53. The Hall–Kier alpha value is -1.62. The van der Waals surface area contributed by atoms with E-state index in [1.807, 2.05) is 0 Å². The van der Waals surface area contributed by atoms with E-state index in [-0.39, 0.29) is 24.2 Å². The summed E-state index contributed by atoms with van der Waals surface area (Å²) in [7, 11) is 3.18. The Labute approximate surface area is 107 Å². The molecule has 1 unspecified atom stereocenters. The summed E-state index contributed by atoms with van der Waals surface area (Å²) in [5.74, 6) is 0.145. The Kier molecular flexibility index (Phi) is 5.09. The second-order valence-electron chi connectivity index (χ2n) is 4.39. The molecule has 0 aliphatic carbocycles. The molecule has 0 aliphatic rings. The van der Waals surface area contributed by atoms with Crippen LogP contribution in [0.3, 0.4) is 0 Å². The molecular formula is C13H19FN2O2. The molecule has 1 amide bonds. The highest BCUT2D eigenvalue weighted by molar-refractivity contribution is 5.76. The Morgan fingerprint density at radius 3 is 2.78 bits per heavy atom. The summed E-state index contributed by atoms with van der Waals surface area (Å²) in [5.41, 5.74) is 6.21. The summed E-state index contributed by atoms with van der Waals surface area (Å²) >= 11 is 0. The number of rotatable bonds is 5. The molecule has 0 saturated carbocycles. The Bertz CT molecular complexity index is 421. The highest BCUT2D eigenvalue weighted by atomic mass is 19.1. The monoisotopic (exact) mass is 254 g/mol. The van der Waals surface area contributed by atoms with E-state index in [9.17, 15) is 9.18 Å². The van der Waals surface area contributed by atoms with Crippen LogP contribution in [-0.2, 0) is 11.3 Å². The number of carbonyl (C=O) groups excluding carboxylic acids is 1. The minimum Gasteiger partial charge on any atom is -0.496 e. The number of halogens is 1. The molecule has 0 heterocycles. The minimum atomic E-state index is -0.348. The van der Waals surface area contributed by atoms with Crippen molar-refractivity contribution in [1.82, 2.24) is 4.90 Å². The van der Waals surface area contributed by atoms with Gasteiger partial charge in [0.05, 0.1) is 7.11 Å². The summed E-state index contributed by atoms with van der Waals surface area (Å²) in [6, 6.07) is 4.06. The van der Waals surface area contributed by atoms with Crippen LogP contribution in [0.15, 0.2) is 18.2 Å². The van der Waals surface area contributed by atoms with Gasteiger partial charge >= 0.3 is 0 Å². The average molecular weight is 254 g/mol. The molecule has 4 nitrogen and oxygen atoms in total. The predicted molar refractivity (Wildman–Crippen MR) is 67.7 cm³/mol. The lowest BCUT2D eigenvalue weighted by molar-refractivity contribution is -0.130. The van der Waals surface area contributed by atoms with Crippen LogP contribution in [0.5, 0.6) is 5.75 Å². The zero-order valence-corrected chi connectivity index (χ0v) is 10.9. The van der Waals surface area contributed by atoms with Crippen LogP contribution in [-0.4, -0.2) is 31.0 Å². The lowest BCUT2D eigenvalue weighted by atomic mass is 10.1. The van der Waals surface area contributed by atoms with E-state index < -0.39 is 0 Å². The van der Waals surface area contributed by atoms with Crippen LogP contribution < -0.4 is 10.5 Å². The van der Waals surface area contributed by atoms with Crippen molar-refractivity contribution in [2.75, 3.05) is 14.2 Å². The Balaban J connectivity index is 2.77. The van der Waals surface area contributed by atoms with Crippen molar-refractivity contribution in [1.29, 1.82) is 0 Å². The smallest absolute Gasteiger partial charge is 0.224 e. The summed E-state index contributed by atoms with van der Waals surface area (Å²) in [6.45, 7) is 2.07. The number of nitrogens with two attached hydrogens (primary N) is 1. The first kappa shape index (κ1) is 14.4. The van der Waals surface area contributed by atoms with E-state index in [0.29, 0.717) is 17.9 Å². The van der Waals surface area contributed by atoms with Crippen molar-refractivity contribution in [3.63, 3.8) is 0 Å². The normalized spacial score (nSPS) is 12.1. The number of hydrogen-bond donors (Lipinski definition) is 1. The van der Waals surface area contributed by atoms with Crippen molar-refractivity contribution in [3.8, 4) is 5.75 Å². The SMILES string of the molecule is COc1ccc(F)cc1CN(C)C(=O)CC(C)N. The first-order valence-electron chi connectivity index (χ1n) is 5.76. The molecule has 2 N–H and O–H groups in total. The molecule has 1 atom stereocenters. The molecule has 0 spiro atoms. The summed E-state index contributed by atoms with van der Waals surface area (Å²) in [5, 5.41) is 0. The second-order valence-corrected chi connectivity index (χ2v) is 4.39. The molecule has 0 aromatic heterocycles. The molecule has 0 bridgehead atoms. The first-order valence-corrected chi connectivity index (χ1v) is 5.76. The fourth-order valence-corrected chi connectivity index (χ4v) is 1.65. The van der Waals surface area contributed by atoms with Crippen molar-refractivity contribution >= 4 is 5.91 Å².